The molecule has 0 radical (unpaired) electrons. The summed E-state index contributed by atoms with van der Waals surface area (Å²) < 4.78 is 0. The van der Waals surface area contributed by atoms with Gasteiger partial charge in [0.2, 0.25) is 0 Å². The summed E-state index contributed by atoms with van der Waals surface area (Å²) in [6, 6.07) is 0. The summed E-state index contributed by atoms with van der Waals surface area (Å²) in [5, 5.41) is 38.7. The first kappa shape index (κ1) is 46.8. The fraction of sp³-hybridized carbons (Fsp3) is 0.944. The minimum Gasteiger partial charge on any atom is -0.547 e. The fourth-order valence-corrected chi connectivity index (χ4v) is 5.30. The number of carbonyl (C=O) groups is 2. The maximum Gasteiger partial charge on any atom is 2.00 e. The Balaban J connectivity index is -0.000000727. The Morgan fingerprint density at radius 3 is 0.721 bits per heavy atom. The third kappa shape index (κ3) is 41.4. The molecule has 6 nitrogen and oxygen atoms in total. The van der Waals surface area contributed by atoms with Crippen molar-refractivity contribution in [1.29, 1.82) is 0 Å². The van der Waals surface area contributed by atoms with E-state index < -0.39 is 24.1 Å². The average molecular weight is 655 g/mol. The van der Waals surface area contributed by atoms with Crippen molar-refractivity contribution < 1.29 is 47.1 Å². The molecule has 0 aromatic rings. The minimum absolute atomic E-state index is 0. The Hall–Kier alpha value is -0.621. The van der Waals surface area contributed by atoms with Crippen molar-refractivity contribution in [2.45, 2.75) is 219 Å². The van der Waals surface area contributed by atoms with E-state index in [0.29, 0.717) is 12.8 Å². The molecule has 0 aromatic heterocycles. The Bertz CT molecular complexity index is 512. The second kappa shape index (κ2) is 39.4. The molecule has 0 saturated heterocycles. The number of carboxylic acids is 2. The number of aliphatic hydroxyl groups excluding tert-OH is 2. The minimum atomic E-state index is -1.34. The van der Waals surface area contributed by atoms with E-state index in [0.717, 1.165) is 38.5 Å². The van der Waals surface area contributed by atoms with E-state index in [9.17, 15) is 19.8 Å². The molecular formula is C36H70FeO6. The van der Waals surface area contributed by atoms with Gasteiger partial charge in [0.1, 0.15) is 0 Å². The zero-order valence-electron chi connectivity index (χ0n) is 28.2. The van der Waals surface area contributed by atoms with Crippen LogP contribution in [0.5, 0.6) is 0 Å². The van der Waals surface area contributed by atoms with Crippen molar-refractivity contribution in [3.8, 4) is 0 Å². The van der Waals surface area contributed by atoms with Crippen LogP contribution in [-0.2, 0) is 26.7 Å². The molecule has 0 aliphatic heterocycles. The third-order valence-corrected chi connectivity index (χ3v) is 8.21. The predicted octanol–water partition coefficient (Wildman–Crippen LogP) is 7.93. The van der Waals surface area contributed by atoms with E-state index in [4.69, 9.17) is 10.2 Å². The van der Waals surface area contributed by atoms with Crippen molar-refractivity contribution in [2.24, 2.45) is 0 Å². The molecule has 258 valence electrons. The maximum atomic E-state index is 10.3. The van der Waals surface area contributed by atoms with E-state index in [1.54, 1.807) is 0 Å². The summed E-state index contributed by atoms with van der Waals surface area (Å²) in [4.78, 5) is 20.6. The quantitative estimate of drug-likeness (QED) is 0.0561. The van der Waals surface area contributed by atoms with Gasteiger partial charge < -0.3 is 30.0 Å². The monoisotopic (exact) mass is 654 g/mol. The molecule has 2 atom stereocenters. The van der Waals surface area contributed by atoms with Gasteiger partial charge in [-0.05, 0) is 12.8 Å². The Labute approximate surface area is 277 Å². The fourth-order valence-electron chi connectivity index (χ4n) is 5.30. The summed E-state index contributed by atoms with van der Waals surface area (Å²) in [6.45, 7) is 4.51. The van der Waals surface area contributed by atoms with Crippen LogP contribution in [0.25, 0.3) is 0 Å². The maximum absolute atomic E-state index is 10.3. The van der Waals surface area contributed by atoms with Crippen molar-refractivity contribution in [1.82, 2.24) is 0 Å². The van der Waals surface area contributed by atoms with Crippen molar-refractivity contribution in [3.63, 3.8) is 0 Å². The van der Waals surface area contributed by atoms with Crippen molar-refractivity contribution in [3.05, 3.63) is 0 Å². The summed E-state index contributed by atoms with van der Waals surface area (Å²) in [5.74, 6) is -2.69. The smallest absolute Gasteiger partial charge is 0.547 e. The predicted molar refractivity (Wildman–Crippen MR) is 172 cm³/mol. The zero-order chi connectivity index (χ0) is 31.5. The van der Waals surface area contributed by atoms with E-state index in [1.807, 2.05) is 0 Å². The molecule has 0 aromatic carbocycles. The van der Waals surface area contributed by atoms with Crippen LogP contribution >= 0.6 is 0 Å². The third-order valence-electron chi connectivity index (χ3n) is 8.21. The molecule has 0 bridgehead atoms. The number of unbranched alkanes of at least 4 members (excludes halogenated alkanes) is 26. The number of aliphatic hydroxyl groups is 2. The van der Waals surface area contributed by atoms with E-state index >= 15 is 0 Å². The molecule has 0 heterocycles. The van der Waals surface area contributed by atoms with Gasteiger partial charge in [-0.1, -0.05) is 194 Å². The topological polar surface area (TPSA) is 121 Å². The average Bonchev–Trinajstić information content (AvgIpc) is 2.97. The van der Waals surface area contributed by atoms with E-state index in [-0.39, 0.29) is 17.1 Å². The largest absolute Gasteiger partial charge is 2.00 e. The van der Waals surface area contributed by atoms with Gasteiger partial charge in [0, 0.05) is 0 Å². The van der Waals surface area contributed by atoms with Gasteiger partial charge in [-0.2, -0.15) is 0 Å². The first-order valence-electron chi connectivity index (χ1n) is 18.1. The second-order valence-corrected chi connectivity index (χ2v) is 12.4. The Morgan fingerprint density at radius 1 is 0.395 bits per heavy atom. The van der Waals surface area contributed by atoms with Crippen LogP contribution in [0, 0.1) is 0 Å². The van der Waals surface area contributed by atoms with Crippen LogP contribution < -0.4 is 10.2 Å². The molecule has 0 aliphatic rings. The molecule has 0 amide bonds. The summed E-state index contributed by atoms with van der Waals surface area (Å²) in [6.07, 6.45) is 33.9. The first-order chi connectivity index (χ1) is 20.4. The molecule has 0 spiro atoms. The molecule has 0 aliphatic carbocycles. The molecule has 2 N–H and O–H groups in total. The number of aliphatic carboxylic acids is 2. The number of hydrogen-bond acceptors (Lipinski definition) is 6. The van der Waals surface area contributed by atoms with Crippen LogP contribution in [0.2, 0.25) is 0 Å². The Kier molecular flexibility index (Phi) is 42.9. The van der Waals surface area contributed by atoms with Gasteiger partial charge in [0.25, 0.3) is 0 Å². The first-order valence-corrected chi connectivity index (χ1v) is 18.1. The number of hydrogen-bond donors (Lipinski definition) is 2. The van der Waals surface area contributed by atoms with Crippen LogP contribution in [-0.4, -0.2) is 34.4 Å². The van der Waals surface area contributed by atoms with Crippen LogP contribution in [0.1, 0.15) is 206 Å². The van der Waals surface area contributed by atoms with Crippen molar-refractivity contribution >= 4 is 11.9 Å². The summed E-state index contributed by atoms with van der Waals surface area (Å²) in [5.41, 5.74) is 0. The van der Waals surface area contributed by atoms with Gasteiger partial charge >= 0.3 is 17.1 Å². The second-order valence-electron chi connectivity index (χ2n) is 12.4. The summed E-state index contributed by atoms with van der Waals surface area (Å²) in [7, 11) is 0. The SMILES string of the molecule is CCCCCCCCCCCCCCCCC(O)C(=O)[O-].CCCCCCCCCCCCCCCCC(O)C(=O)[O-].[Fe+2]. The molecule has 0 fully saturated rings. The number of carboxylic acid groups (broad SMARTS) is 2. The molecule has 0 saturated carbocycles. The molecular weight excluding hydrogens is 584 g/mol. The summed E-state index contributed by atoms with van der Waals surface area (Å²) >= 11 is 0. The van der Waals surface area contributed by atoms with Crippen LogP contribution in [0.15, 0.2) is 0 Å². The number of rotatable bonds is 32. The van der Waals surface area contributed by atoms with Crippen LogP contribution in [0.4, 0.5) is 0 Å². The molecule has 7 heteroatoms. The van der Waals surface area contributed by atoms with Gasteiger partial charge in [-0.25, -0.2) is 0 Å². The standard InChI is InChI=1S/2C18H36O3.Fe/c2*1-2-3-4-5-6-7-8-9-10-11-12-13-14-15-16-17(19)18(20)21;/h2*17,19H,2-16H2,1H3,(H,20,21);/q;;+2/p-2. The molecule has 43 heavy (non-hydrogen) atoms. The van der Waals surface area contributed by atoms with Gasteiger partial charge in [0.15, 0.2) is 0 Å². The molecule has 0 rings (SSSR count). The van der Waals surface area contributed by atoms with Gasteiger partial charge in [0.05, 0.1) is 24.1 Å². The normalized spacial score (nSPS) is 12.2. The van der Waals surface area contributed by atoms with E-state index in [2.05, 4.69) is 13.8 Å². The van der Waals surface area contributed by atoms with E-state index in [1.165, 1.54) is 141 Å². The van der Waals surface area contributed by atoms with Gasteiger partial charge in [-0.15, -0.1) is 0 Å². The number of carbonyl (C=O) groups excluding carboxylic acids is 2. The van der Waals surface area contributed by atoms with Gasteiger partial charge in [-0.3, -0.25) is 0 Å². The Morgan fingerprint density at radius 2 is 0.558 bits per heavy atom. The molecule has 2 unspecified atom stereocenters. The van der Waals surface area contributed by atoms with Crippen LogP contribution in [0.3, 0.4) is 0 Å². The van der Waals surface area contributed by atoms with Crippen molar-refractivity contribution in [2.75, 3.05) is 0 Å². The zero-order valence-corrected chi connectivity index (χ0v) is 29.4.